The van der Waals surface area contributed by atoms with Gasteiger partial charge in [-0.05, 0) is 24.3 Å². The molecule has 0 fully saturated rings. The Labute approximate surface area is 111 Å². The van der Waals surface area contributed by atoms with Crippen LogP contribution in [0.1, 0.15) is 17.3 Å². The summed E-state index contributed by atoms with van der Waals surface area (Å²) >= 11 is 6.03. The fourth-order valence-electron chi connectivity index (χ4n) is 1.84. The molecule has 1 unspecified atom stereocenters. The summed E-state index contributed by atoms with van der Waals surface area (Å²) in [5.41, 5.74) is 6.73. The van der Waals surface area contributed by atoms with Crippen molar-refractivity contribution in [1.82, 2.24) is 9.97 Å². The number of hydrogen-bond donors (Lipinski definition) is 1. The molecule has 0 aliphatic carbocycles. The molecule has 0 saturated heterocycles. The maximum Gasteiger partial charge on any atom is 0.137 e. The second kappa shape index (κ2) is 5.80. The number of rotatable bonds is 4. The van der Waals surface area contributed by atoms with Gasteiger partial charge in [0.15, 0.2) is 0 Å². The van der Waals surface area contributed by atoms with E-state index in [9.17, 15) is 0 Å². The smallest absolute Gasteiger partial charge is 0.137 e. The van der Waals surface area contributed by atoms with Gasteiger partial charge >= 0.3 is 0 Å². The van der Waals surface area contributed by atoms with Gasteiger partial charge in [0.25, 0.3) is 0 Å². The third kappa shape index (κ3) is 2.60. The first kappa shape index (κ1) is 12.8. The number of halogens is 1. The van der Waals surface area contributed by atoms with Crippen LogP contribution in [0.5, 0.6) is 5.75 Å². The second-order valence-corrected chi connectivity index (χ2v) is 4.22. The molecule has 2 rings (SSSR count). The van der Waals surface area contributed by atoms with Crippen molar-refractivity contribution >= 4 is 11.6 Å². The molecule has 18 heavy (non-hydrogen) atoms. The molecule has 1 atom stereocenters. The fraction of sp³-hybridized carbons (Fsp3) is 0.231. The number of methoxy groups -OCH3 is 1. The molecule has 0 radical (unpaired) electrons. The van der Waals surface area contributed by atoms with Crippen molar-refractivity contribution in [3.05, 3.63) is 53.1 Å². The van der Waals surface area contributed by atoms with Gasteiger partial charge in [-0.15, -0.1) is 0 Å². The van der Waals surface area contributed by atoms with Crippen LogP contribution in [0.15, 0.2) is 36.7 Å². The van der Waals surface area contributed by atoms with Gasteiger partial charge < -0.3 is 10.5 Å². The number of benzene rings is 1. The average Bonchev–Trinajstić information content (AvgIpc) is 2.41. The van der Waals surface area contributed by atoms with E-state index in [0.717, 1.165) is 11.3 Å². The van der Waals surface area contributed by atoms with E-state index in [1.54, 1.807) is 31.6 Å². The topological polar surface area (TPSA) is 61.0 Å². The molecule has 2 aromatic rings. The standard InChI is InChI=1S/C13H14ClN3O/c1-18-12-4-3-9(14)7-10(12)11(8-15)13-16-5-2-6-17-13/h2-7,11H,8,15H2,1H3. The number of ether oxygens (including phenoxy) is 1. The van der Waals surface area contributed by atoms with E-state index in [2.05, 4.69) is 9.97 Å². The van der Waals surface area contributed by atoms with Gasteiger partial charge in [-0.2, -0.15) is 0 Å². The molecule has 2 N–H and O–H groups in total. The molecule has 5 heteroatoms. The zero-order chi connectivity index (χ0) is 13.0. The Kier molecular flexibility index (Phi) is 4.12. The molecule has 1 aromatic carbocycles. The summed E-state index contributed by atoms with van der Waals surface area (Å²) in [7, 11) is 1.62. The maximum absolute atomic E-state index is 6.03. The summed E-state index contributed by atoms with van der Waals surface area (Å²) in [6, 6.07) is 7.22. The number of hydrogen-bond acceptors (Lipinski definition) is 4. The maximum atomic E-state index is 6.03. The lowest BCUT2D eigenvalue weighted by atomic mass is 9.97. The predicted molar refractivity (Wildman–Crippen MR) is 70.9 cm³/mol. The van der Waals surface area contributed by atoms with Crippen LogP contribution in [0, 0.1) is 0 Å². The Morgan fingerprint density at radius 3 is 2.67 bits per heavy atom. The van der Waals surface area contributed by atoms with E-state index in [1.807, 2.05) is 12.1 Å². The van der Waals surface area contributed by atoms with Crippen LogP contribution in [0.25, 0.3) is 0 Å². The van der Waals surface area contributed by atoms with Gasteiger partial charge in [-0.25, -0.2) is 9.97 Å². The van der Waals surface area contributed by atoms with Crippen molar-refractivity contribution in [3.8, 4) is 5.75 Å². The largest absolute Gasteiger partial charge is 0.496 e. The lowest BCUT2D eigenvalue weighted by Crippen LogP contribution is -2.17. The lowest BCUT2D eigenvalue weighted by Gasteiger charge is -2.17. The van der Waals surface area contributed by atoms with Crippen molar-refractivity contribution in [2.45, 2.75) is 5.92 Å². The van der Waals surface area contributed by atoms with Crippen LogP contribution in [0.3, 0.4) is 0 Å². The van der Waals surface area contributed by atoms with Crippen molar-refractivity contribution in [2.24, 2.45) is 5.73 Å². The molecule has 1 heterocycles. The lowest BCUT2D eigenvalue weighted by molar-refractivity contribution is 0.407. The molecule has 0 saturated carbocycles. The Balaban J connectivity index is 2.48. The van der Waals surface area contributed by atoms with Gasteiger partial charge in [-0.1, -0.05) is 11.6 Å². The minimum Gasteiger partial charge on any atom is -0.496 e. The number of nitrogens with zero attached hydrogens (tertiary/aromatic N) is 2. The van der Waals surface area contributed by atoms with Crippen molar-refractivity contribution in [2.75, 3.05) is 13.7 Å². The first-order chi connectivity index (χ1) is 8.76. The van der Waals surface area contributed by atoms with E-state index in [1.165, 1.54) is 0 Å². The molecule has 0 bridgehead atoms. The van der Waals surface area contributed by atoms with E-state index < -0.39 is 0 Å². The highest BCUT2D eigenvalue weighted by Crippen LogP contribution is 2.31. The summed E-state index contributed by atoms with van der Waals surface area (Å²) in [5, 5.41) is 0.639. The summed E-state index contributed by atoms with van der Waals surface area (Å²) in [6.45, 7) is 0.390. The van der Waals surface area contributed by atoms with Gasteiger partial charge in [0, 0.05) is 29.5 Å². The van der Waals surface area contributed by atoms with Gasteiger partial charge in [-0.3, -0.25) is 0 Å². The first-order valence-electron chi connectivity index (χ1n) is 5.56. The highest BCUT2D eigenvalue weighted by Gasteiger charge is 2.19. The van der Waals surface area contributed by atoms with E-state index >= 15 is 0 Å². The van der Waals surface area contributed by atoms with Crippen LogP contribution in [-0.2, 0) is 0 Å². The number of aromatic nitrogens is 2. The quantitative estimate of drug-likeness (QED) is 0.919. The van der Waals surface area contributed by atoms with Crippen molar-refractivity contribution in [1.29, 1.82) is 0 Å². The average molecular weight is 264 g/mol. The predicted octanol–water partition coefficient (Wildman–Crippen LogP) is 2.23. The second-order valence-electron chi connectivity index (χ2n) is 3.78. The summed E-state index contributed by atoms with van der Waals surface area (Å²) in [4.78, 5) is 8.48. The monoisotopic (exact) mass is 263 g/mol. The van der Waals surface area contributed by atoms with E-state index in [-0.39, 0.29) is 5.92 Å². The minimum atomic E-state index is -0.125. The first-order valence-corrected chi connectivity index (χ1v) is 5.94. The van der Waals surface area contributed by atoms with Gasteiger partial charge in [0.2, 0.25) is 0 Å². The molecule has 0 spiro atoms. The fourth-order valence-corrected chi connectivity index (χ4v) is 2.02. The van der Waals surface area contributed by atoms with Crippen molar-refractivity contribution < 1.29 is 4.74 Å². The molecule has 0 aliphatic heterocycles. The molecule has 94 valence electrons. The Morgan fingerprint density at radius 1 is 1.33 bits per heavy atom. The van der Waals surface area contributed by atoms with Crippen LogP contribution in [-0.4, -0.2) is 23.6 Å². The highest BCUT2D eigenvalue weighted by molar-refractivity contribution is 6.30. The van der Waals surface area contributed by atoms with Crippen LogP contribution in [0.2, 0.25) is 5.02 Å². The van der Waals surface area contributed by atoms with Crippen LogP contribution in [0.4, 0.5) is 0 Å². The molecule has 0 amide bonds. The third-order valence-electron chi connectivity index (χ3n) is 2.70. The summed E-state index contributed by atoms with van der Waals surface area (Å²) < 4.78 is 5.33. The van der Waals surface area contributed by atoms with E-state index in [4.69, 9.17) is 22.1 Å². The Bertz CT molecular complexity index is 519. The zero-order valence-electron chi connectivity index (χ0n) is 10.0. The molecule has 1 aromatic heterocycles. The molecule has 0 aliphatic rings. The Hall–Kier alpha value is -1.65. The number of nitrogens with two attached hydrogens (primary N) is 1. The molecular weight excluding hydrogens is 250 g/mol. The Morgan fingerprint density at radius 2 is 2.06 bits per heavy atom. The van der Waals surface area contributed by atoms with E-state index in [0.29, 0.717) is 17.4 Å². The molecule has 4 nitrogen and oxygen atoms in total. The zero-order valence-corrected chi connectivity index (χ0v) is 10.8. The third-order valence-corrected chi connectivity index (χ3v) is 2.94. The highest BCUT2D eigenvalue weighted by atomic mass is 35.5. The SMILES string of the molecule is COc1ccc(Cl)cc1C(CN)c1ncccn1. The summed E-state index contributed by atoms with van der Waals surface area (Å²) in [6.07, 6.45) is 3.39. The van der Waals surface area contributed by atoms with Gasteiger partial charge in [0.05, 0.1) is 13.0 Å². The molecular formula is C13H14ClN3O. The van der Waals surface area contributed by atoms with Crippen molar-refractivity contribution in [3.63, 3.8) is 0 Å². The normalized spacial score (nSPS) is 12.2. The van der Waals surface area contributed by atoms with Crippen LogP contribution < -0.4 is 10.5 Å². The minimum absolute atomic E-state index is 0.125. The van der Waals surface area contributed by atoms with Gasteiger partial charge in [0.1, 0.15) is 11.6 Å². The summed E-state index contributed by atoms with van der Waals surface area (Å²) in [5.74, 6) is 1.28. The van der Waals surface area contributed by atoms with Crippen LogP contribution >= 0.6 is 11.6 Å².